The molecule has 2 aromatic rings. The number of aromatic nitrogens is 2. The average Bonchev–Trinajstić information content (AvgIpc) is 3.06. The normalized spacial score (nSPS) is 17.7. The first kappa shape index (κ1) is 17.1. The van der Waals surface area contributed by atoms with Crippen LogP contribution in [0.25, 0.3) is 11.5 Å². The van der Waals surface area contributed by atoms with Crippen molar-refractivity contribution in [2.75, 3.05) is 13.1 Å². The molecule has 1 aromatic heterocycles. The molecule has 1 fully saturated rings. The summed E-state index contributed by atoms with van der Waals surface area (Å²) in [4.78, 5) is 30.5. The second-order valence-corrected chi connectivity index (χ2v) is 6.36. The minimum absolute atomic E-state index is 0.109. The summed E-state index contributed by atoms with van der Waals surface area (Å²) in [5.41, 5.74) is 0.517. The highest BCUT2D eigenvalue weighted by Crippen LogP contribution is 2.20. The molecule has 8 heteroatoms. The third-order valence-electron chi connectivity index (χ3n) is 3.99. The fourth-order valence-electron chi connectivity index (χ4n) is 2.79. The Labute approximate surface area is 144 Å². The van der Waals surface area contributed by atoms with E-state index in [1.54, 1.807) is 0 Å². The maximum absolute atomic E-state index is 13.0. The standard InChI is InChI=1S/C17H19FN4O3/c1-10(2)9-13-15(23)19-7-8-22(13)17(24)14-20-16(25-21-14)11-3-5-12(18)6-4-11/h3-6,10,13H,7-9H2,1-2H3,(H,19,23)/t13-/m0/s1. The number of hydrogen-bond acceptors (Lipinski definition) is 5. The topological polar surface area (TPSA) is 88.3 Å². The summed E-state index contributed by atoms with van der Waals surface area (Å²) in [7, 11) is 0. The van der Waals surface area contributed by atoms with E-state index in [0.717, 1.165) is 0 Å². The predicted octanol–water partition coefficient (Wildman–Crippen LogP) is 1.86. The Morgan fingerprint density at radius 2 is 2.12 bits per heavy atom. The molecule has 1 aromatic carbocycles. The Bertz CT molecular complexity index is 772. The Balaban J connectivity index is 1.82. The van der Waals surface area contributed by atoms with Gasteiger partial charge in [0.25, 0.3) is 17.6 Å². The molecule has 2 amide bonds. The number of carbonyl (C=O) groups excluding carboxylic acids is 2. The average molecular weight is 346 g/mol. The van der Waals surface area contributed by atoms with Crippen LogP contribution in [0.1, 0.15) is 30.9 Å². The molecule has 1 aliphatic rings. The van der Waals surface area contributed by atoms with Gasteiger partial charge in [0, 0.05) is 18.7 Å². The van der Waals surface area contributed by atoms with Gasteiger partial charge >= 0.3 is 0 Å². The maximum atomic E-state index is 13.0. The summed E-state index contributed by atoms with van der Waals surface area (Å²) in [5.74, 6) is -0.721. The number of halogens is 1. The second kappa shape index (κ2) is 7.00. The summed E-state index contributed by atoms with van der Waals surface area (Å²) in [6, 6.07) is 4.98. The van der Waals surface area contributed by atoms with Crippen LogP contribution in [0.2, 0.25) is 0 Å². The van der Waals surface area contributed by atoms with Crippen molar-refractivity contribution < 1.29 is 18.5 Å². The molecule has 2 heterocycles. The molecule has 0 bridgehead atoms. The number of benzene rings is 1. The van der Waals surface area contributed by atoms with E-state index in [0.29, 0.717) is 25.1 Å². The van der Waals surface area contributed by atoms with Crippen LogP contribution in [0.15, 0.2) is 28.8 Å². The first-order valence-electron chi connectivity index (χ1n) is 8.14. The van der Waals surface area contributed by atoms with Crippen LogP contribution < -0.4 is 5.32 Å². The van der Waals surface area contributed by atoms with Crippen LogP contribution >= 0.6 is 0 Å². The number of nitrogens with zero attached hydrogens (tertiary/aromatic N) is 3. The van der Waals surface area contributed by atoms with Gasteiger partial charge in [-0.05, 0) is 36.6 Å². The minimum atomic E-state index is -0.547. The highest BCUT2D eigenvalue weighted by atomic mass is 19.1. The lowest BCUT2D eigenvalue weighted by Gasteiger charge is -2.35. The van der Waals surface area contributed by atoms with Crippen LogP contribution in [0.3, 0.4) is 0 Å². The maximum Gasteiger partial charge on any atom is 0.296 e. The zero-order valence-corrected chi connectivity index (χ0v) is 14.0. The van der Waals surface area contributed by atoms with Gasteiger partial charge in [0.05, 0.1) is 0 Å². The van der Waals surface area contributed by atoms with Crippen molar-refractivity contribution in [2.24, 2.45) is 5.92 Å². The molecule has 132 valence electrons. The number of nitrogens with one attached hydrogen (secondary N) is 1. The Morgan fingerprint density at radius 1 is 1.40 bits per heavy atom. The van der Waals surface area contributed by atoms with Gasteiger partial charge in [-0.3, -0.25) is 9.59 Å². The van der Waals surface area contributed by atoms with Gasteiger partial charge < -0.3 is 14.7 Å². The summed E-state index contributed by atoms with van der Waals surface area (Å²) < 4.78 is 18.1. The summed E-state index contributed by atoms with van der Waals surface area (Å²) in [6.45, 7) is 4.77. The fourth-order valence-corrected chi connectivity index (χ4v) is 2.79. The van der Waals surface area contributed by atoms with E-state index in [4.69, 9.17) is 4.52 Å². The Hall–Kier alpha value is -2.77. The molecule has 1 aliphatic heterocycles. The molecule has 1 saturated heterocycles. The van der Waals surface area contributed by atoms with Gasteiger partial charge in [0.15, 0.2) is 0 Å². The molecule has 0 spiro atoms. The van der Waals surface area contributed by atoms with Crippen LogP contribution in [0.5, 0.6) is 0 Å². The highest BCUT2D eigenvalue weighted by Gasteiger charge is 2.35. The minimum Gasteiger partial charge on any atom is -0.353 e. The third kappa shape index (κ3) is 3.67. The molecule has 0 aliphatic carbocycles. The molecule has 7 nitrogen and oxygen atoms in total. The van der Waals surface area contributed by atoms with E-state index in [1.165, 1.54) is 29.2 Å². The summed E-state index contributed by atoms with van der Waals surface area (Å²) in [5, 5.41) is 6.50. The quantitative estimate of drug-likeness (QED) is 0.913. The van der Waals surface area contributed by atoms with Gasteiger partial charge in [-0.15, -0.1) is 0 Å². The molecule has 3 rings (SSSR count). The van der Waals surface area contributed by atoms with Crippen LogP contribution in [-0.4, -0.2) is 46.0 Å². The molecule has 1 N–H and O–H groups in total. The Kier molecular flexibility index (Phi) is 4.78. The fraction of sp³-hybridized carbons (Fsp3) is 0.412. The molecular weight excluding hydrogens is 327 g/mol. The van der Waals surface area contributed by atoms with E-state index < -0.39 is 11.9 Å². The lowest BCUT2D eigenvalue weighted by molar-refractivity contribution is -0.128. The summed E-state index contributed by atoms with van der Waals surface area (Å²) >= 11 is 0. The van der Waals surface area contributed by atoms with E-state index in [1.807, 2.05) is 13.8 Å². The molecule has 0 radical (unpaired) electrons. The third-order valence-corrected chi connectivity index (χ3v) is 3.99. The number of carbonyl (C=O) groups is 2. The van der Waals surface area contributed by atoms with E-state index in [-0.39, 0.29) is 29.4 Å². The van der Waals surface area contributed by atoms with Crippen molar-refractivity contribution >= 4 is 11.8 Å². The first-order valence-corrected chi connectivity index (χ1v) is 8.14. The number of hydrogen-bond donors (Lipinski definition) is 1. The van der Waals surface area contributed by atoms with Crippen molar-refractivity contribution in [3.8, 4) is 11.5 Å². The lowest BCUT2D eigenvalue weighted by Crippen LogP contribution is -2.57. The highest BCUT2D eigenvalue weighted by molar-refractivity contribution is 5.95. The zero-order chi connectivity index (χ0) is 18.0. The monoisotopic (exact) mass is 346 g/mol. The molecule has 0 saturated carbocycles. The second-order valence-electron chi connectivity index (χ2n) is 6.36. The van der Waals surface area contributed by atoms with Gasteiger partial charge in [0.2, 0.25) is 5.91 Å². The van der Waals surface area contributed by atoms with Gasteiger partial charge in [0.1, 0.15) is 11.9 Å². The first-order chi connectivity index (χ1) is 12.0. The van der Waals surface area contributed by atoms with Crippen molar-refractivity contribution in [3.05, 3.63) is 35.9 Å². The van der Waals surface area contributed by atoms with Gasteiger partial charge in [-0.1, -0.05) is 19.0 Å². The number of piperazine rings is 1. The van der Waals surface area contributed by atoms with Crippen LogP contribution in [0.4, 0.5) is 4.39 Å². The molecule has 0 unspecified atom stereocenters. The predicted molar refractivity (Wildman–Crippen MR) is 87.0 cm³/mol. The zero-order valence-electron chi connectivity index (χ0n) is 14.0. The van der Waals surface area contributed by atoms with Crippen molar-refractivity contribution in [2.45, 2.75) is 26.3 Å². The van der Waals surface area contributed by atoms with Gasteiger partial charge in [-0.2, -0.15) is 4.98 Å². The van der Waals surface area contributed by atoms with Gasteiger partial charge in [-0.25, -0.2) is 4.39 Å². The van der Waals surface area contributed by atoms with E-state index >= 15 is 0 Å². The van der Waals surface area contributed by atoms with Crippen molar-refractivity contribution in [1.29, 1.82) is 0 Å². The molecule has 25 heavy (non-hydrogen) atoms. The van der Waals surface area contributed by atoms with Crippen LogP contribution in [-0.2, 0) is 4.79 Å². The van der Waals surface area contributed by atoms with E-state index in [9.17, 15) is 14.0 Å². The number of rotatable bonds is 4. The van der Waals surface area contributed by atoms with Crippen molar-refractivity contribution in [3.63, 3.8) is 0 Å². The van der Waals surface area contributed by atoms with E-state index in [2.05, 4.69) is 15.5 Å². The SMILES string of the molecule is CC(C)C[C@H]1C(=O)NCCN1C(=O)c1noc(-c2ccc(F)cc2)n1. The largest absolute Gasteiger partial charge is 0.353 e. The molecule has 1 atom stereocenters. The number of amides is 2. The Morgan fingerprint density at radius 3 is 2.80 bits per heavy atom. The lowest BCUT2D eigenvalue weighted by atomic mass is 10.00. The van der Waals surface area contributed by atoms with Crippen LogP contribution in [0, 0.1) is 11.7 Å². The molecular formula is C17H19FN4O3. The smallest absolute Gasteiger partial charge is 0.296 e. The summed E-state index contributed by atoms with van der Waals surface area (Å²) in [6.07, 6.45) is 0.556. The van der Waals surface area contributed by atoms with Crippen molar-refractivity contribution in [1.82, 2.24) is 20.4 Å².